The average molecular weight is 267 g/mol. The van der Waals surface area contributed by atoms with Crippen molar-refractivity contribution in [2.75, 3.05) is 11.4 Å². The standard InChI is InChI=1S/C19H25N/c1-5-7-9-14-18-19(3,4)16-12-10-11-13-17(16)20(18)15-8-6-2/h5,7,9-14H,1,6,8,15H2,2-4H3. The molecule has 0 fully saturated rings. The van der Waals surface area contributed by atoms with E-state index < -0.39 is 0 Å². The summed E-state index contributed by atoms with van der Waals surface area (Å²) in [6.45, 7) is 11.7. The molecule has 1 aliphatic heterocycles. The van der Waals surface area contributed by atoms with Gasteiger partial charge in [-0.1, -0.05) is 70.2 Å². The fourth-order valence-corrected chi connectivity index (χ4v) is 2.92. The normalized spacial score (nSPS) is 18.8. The maximum absolute atomic E-state index is 3.74. The molecule has 0 radical (unpaired) electrons. The molecular formula is C19H25N. The summed E-state index contributed by atoms with van der Waals surface area (Å²) in [6.07, 6.45) is 10.6. The molecule has 1 aromatic rings. The molecule has 0 atom stereocenters. The molecule has 0 aromatic heterocycles. The predicted molar refractivity (Wildman–Crippen MR) is 89.1 cm³/mol. The van der Waals surface area contributed by atoms with Crippen molar-refractivity contribution in [1.82, 2.24) is 0 Å². The number of anilines is 1. The number of para-hydroxylation sites is 1. The summed E-state index contributed by atoms with van der Waals surface area (Å²) in [6, 6.07) is 8.77. The zero-order valence-electron chi connectivity index (χ0n) is 12.9. The molecular weight excluding hydrogens is 242 g/mol. The minimum atomic E-state index is 0.0653. The number of unbranched alkanes of at least 4 members (excludes halogenated alkanes) is 1. The van der Waals surface area contributed by atoms with Crippen molar-refractivity contribution < 1.29 is 0 Å². The van der Waals surface area contributed by atoms with E-state index in [-0.39, 0.29) is 5.41 Å². The summed E-state index contributed by atoms with van der Waals surface area (Å²) >= 11 is 0. The largest absolute Gasteiger partial charge is 0.344 e. The number of hydrogen-bond donors (Lipinski definition) is 0. The van der Waals surface area contributed by atoms with Gasteiger partial charge in [-0.3, -0.25) is 0 Å². The molecule has 1 heterocycles. The Labute approximate surface area is 123 Å². The molecule has 0 bridgehead atoms. The van der Waals surface area contributed by atoms with E-state index in [0.717, 1.165) is 6.54 Å². The van der Waals surface area contributed by atoms with Crippen LogP contribution < -0.4 is 4.90 Å². The Kier molecular flexibility index (Phi) is 4.49. The highest BCUT2D eigenvalue weighted by atomic mass is 15.2. The first-order valence-electron chi connectivity index (χ1n) is 7.49. The third-order valence-corrected chi connectivity index (χ3v) is 4.04. The van der Waals surface area contributed by atoms with E-state index in [0.29, 0.717) is 0 Å². The third-order valence-electron chi connectivity index (χ3n) is 4.04. The van der Waals surface area contributed by atoms with Gasteiger partial charge in [0.25, 0.3) is 0 Å². The van der Waals surface area contributed by atoms with Gasteiger partial charge in [0.2, 0.25) is 0 Å². The first-order chi connectivity index (χ1) is 9.62. The molecule has 0 amide bonds. The van der Waals surface area contributed by atoms with E-state index in [1.807, 2.05) is 12.2 Å². The van der Waals surface area contributed by atoms with Crippen LogP contribution in [0.15, 0.2) is 60.8 Å². The van der Waals surface area contributed by atoms with E-state index in [2.05, 4.69) is 68.7 Å². The van der Waals surface area contributed by atoms with E-state index >= 15 is 0 Å². The van der Waals surface area contributed by atoms with Gasteiger partial charge in [0.05, 0.1) is 0 Å². The molecule has 0 saturated heterocycles. The fraction of sp³-hybridized carbons (Fsp3) is 0.368. The van der Waals surface area contributed by atoms with Gasteiger partial charge in [-0.05, 0) is 24.1 Å². The number of fused-ring (bicyclic) bond motifs is 1. The lowest BCUT2D eigenvalue weighted by Gasteiger charge is -2.26. The number of allylic oxidation sites excluding steroid dienone is 5. The van der Waals surface area contributed by atoms with E-state index in [1.165, 1.54) is 29.8 Å². The fourth-order valence-electron chi connectivity index (χ4n) is 2.92. The lowest BCUT2D eigenvalue weighted by atomic mass is 9.84. The predicted octanol–water partition coefficient (Wildman–Crippen LogP) is 5.21. The van der Waals surface area contributed by atoms with Crippen molar-refractivity contribution in [2.45, 2.75) is 39.0 Å². The average Bonchev–Trinajstić information content (AvgIpc) is 2.66. The monoisotopic (exact) mass is 267 g/mol. The molecule has 1 aliphatic rings. The van der Waals surface area contributed by atoms with Gasteiger partial charge in [-0.25, -0.2) is 0 Å². The van der Waals surface area contributed by atoms with Crippen LogP contribution in [0, 0.1) is 0 Å². The van der Waals surface area contributed by atoms with E-state index in [4.69, 9.17) is 0 Å². The van der Waals surface area contributed by atoms with Crippen molar-refractivity contribution in [3.8, 4) is 0 Å². The summed E-state index contributed by atoms with van der Waals surface area (Å²) in [7, 11) is 0. The molecule has 2 rings (SSSR count). The zero-order chi connectivity index (χ0) is 14.6. The maximum atomic E-state index is 3.74. The Morgan fingerprint density at radius 1 is 1.20 bits per heavy atom. The van der Waals surface area contributed by atoms with Gasteiger partial charge in [0, 0.05) is 23.3 Å². The van der Waals surface area contributed by atoms with Crippen molar-refractivity contribution >= 4 is 5.69 Å². The molecule has 0 aliphatic carbocycles. The van der Waals surface area contributed by atoms with Crippen LogP contribution in [0.5, 0.6) is 0 Å². The highest BCUT2D eigenvalue weighted by molar-refractivity contribution is 5.70. The van der Waals surface area contributed by atoms with Crippen LogP contribution in [-0.4, -0.2) is 6.54 Å². The summed E-state index contributed by atoms with van der Waals surface area (Å²) < 4.78 is 0. The first kappa shape index (κ1) is 14.6. The van der Waals surface area contributed by atoms with Crippen LogP contribution in [0.3, 0.4) is 0 Å². The second kappa shape index (κ2) is 6.13. The smallest absolute Gasteiger partial charge is 0.0450 e. The molecule has 1 heteroatoms. The SMILES string of the molecule is C=CC=CC=C1N(CCCC)c2ccccc2C1(C)C. The number of rotatable bonds is 5. The summed E-state index contributed by atoms with van der Waals surface area (Å²) in [5.74, 6) is 0. The minimum Gasteiger partial charge on any atom is -0.344 e. The Morgan fingerprint density at radius 2 is 1.95 bits per heavy atom. The van der Waals surface area contributed by atoms with E-state index in [9.17, 15) is 0 Å². The van der Waals surface area contributed by atoms with Crippen LogP contribution >= 0.6 is 0 Å². The summed E-state index contributed by atoms with van der Waals surface area (Å²) in [5.41, 5.74) is 4.24. The number of nitrogens with zero attached hydrogens (tertiary/aromatic N) is 1. The van der Waals surface area contributed by atoms with Crippen LogP contribution in [0.2, 0.25) is 0 Å². The number of hydrogen-bond acceptors (Lipinski definition) is 1. The maximum Gasteiger partial charge on any atom is 0.0450 e. The van der Waals surface area contributed by atoms with Crippen LogP contribution in [0.1, 0.15) is 39.2 Å². The van der Waals surface area contributed by atoms with Gasteiger partial charge in [-0.15, -0.1) is 0 Å². The summed E-state index contributed by atoms with van der Waals surface area (Å²) in [4.78, 5) is 2.48. The van der Waals surface area contributed by atoms with Gasteiger partial charge in [0.15, 0.2) is 0 Å². The first-order valence-corrected chi connectivity index (χ1v) is 7.49. The summed E-state index contributed by atoms with van der Waals surface area (Å²) in [5, 5.41) is 0. The molecule has 0 saturated carbocycles. The third kappa shape index (κ3) is 2.58. The Bertz CT molecular complexity index is 534. The Balaban J connectivity index is 2.46. The Morgan fingerprint density at radius 3 is 2.65 bits per heavy atom. The molecule has 0 unspecified atom stereocenters. The van der Waals surface area contributed by atoms with Crippen molar-refractivity contribution in [3.05, 3.63) is 66.4 Å². The lowest BCUT2D eigenvalue weighted by Crippen LogP contribution is -2.26. The molecule has 1 aromatic carbocycles. The van der Waals surface area contributed by atoms with Crippen molar-refractivity contribution in [1.29, 1.82) is 0 Å². The topological polar surface area (TPSA) is 3.24 Å². The Hall–Kier alpha value is -1.76. The molecule has 20 heavy (non-hydrogen) atoms. The van der Waals surface area contributed by atoms with Crippen LogP contribution in [-0.2, 0) is 5.41 Å². The quantitative estimate of drug-likeness (QED) is 0.662. The van der Waals surface area contributed by atoms with Crippen LogP contribution in [0.25, 0.3) is 0 Å². The highest BCUT2D eigenvalue weighted by Crippen LogP contribution is 2.47. The van der Waals surface area contributed by atoms with Crippen molar-refractivity contribution in [2.24, 2.45) is 0 Å². The van der Waals surface area contributed by atoms with Gasteiger partial charge in [0.1, 0.15) is 0 Å². The minimum absolute atomic E-state index is 0.0653. The number of benzene rings is 1. The molecule has 106 valence electrons. The zero-order valence-corrected chi connectivity index (χ0v) is 12.9. The molecule has 0 spiro atoms. The second-order valence-electron chi connectivity index (χ2n) is 5.82. The van der Waals surface area contributed by atoms with Gasteiger partial charge < -0.3 is 4.90 Å². The van der Waals surface area contributed by atoms with Gasteiger partial charge in [-0.2, -0.15) is 0 Å². The van der Waals surface area contributed by atoms with Crippen molar-refractivity contribution in [3.63, 3.8) is 0 Å². The van der Waals surface area contributed by atoms with Crippen LogP contribution in [0.4, 0.5) is 5.69 Å². The van der Waals surface area contributed by atoms with Gasteiger partial charge >= 0.3 is 0 Å². The lowest BCUT2D eigenvalue weighted by molar-refractivity contribution is 0.624. The second-order valence-corrected chi connectivity index (χ2v) is 5.82. The molecule has 0 N–H and O–H groups in total. The highest BCUT2D eigenvalue weighted by Gasteiger charge is 2.38. The van der Waals surface area contributed by atoms with E-state index in [1.54, 1.807) is 0 Å². The molecule has 1 nitrogen and oxygen atoms in total.